The van der Waals surface area contributed by atoms with Gasteiger partial charge in [-0.3, -0.25) is 14.2 Å². The lowest BCUT2D eigenvalue weighted by Gasteiger charge is -2.05. The summed E-state index contributed by atoms with van der Waals surface area (Å²) < 4.78 is 3.27. The minimum absolute atomic E-state index is 0.110. The Kier molecular flexibility index (Phi) is 3.31. The molecular weight excluding hydrogens is 232 g/mol. The second kappa shape index (κ2) is 4.91. The average molecular weight is 248 g/mol. The fourth-order valence-electron chi connectivity index (χ4n) is 1.58. The van der Waals surface area contributed by atoms with Crippen molar-refractivity contribution in [2.45, 2.75) is 20.0 Å². The normalized spacial score (nSPS) is 10.6. The number of carbonyl (C=O) groups is 1. The molecular formula is C11H16N6O. The van der Waals surface area contributed by atoms with Crippen LogP contribution in [0.15, 0.2) is 18.5 Å². The first-order valence-electron chi connectivity index (χ1n) is 5.59. The Morgan fingerprint density at radius 2 is 2.33 bits per heavy atom. The molecule has 2 heterocycles. The predicted octanol–water partition coefficient (Wildman–Crippen LogP) is -0.176. The fraction of sp³-hybridized carbons (Fsp3) is 0.364. The van der Waals surface area contributed by atoms with E-state index in [1.165, 1.54) is 4.68 Å². The van der Waals surface area contributed by atoms with E-state index in [4.69, 9.17) is 5.73 Å². The first-order valence-corrected chi connectivity index (χ1v) is 5.59. The molecule has 3 N–H and O–H groups in total. The van der Waals surface area contributed by atoms with E-state index < -0.39 is 0 Å². The maximum Gasteiger partial charge on any atom is 0.242 e. The zero-order chi connectivity index (χ0) is 13.1. The van der Waals surface area contributed by atoms with Crippen molar-refractivity contribution >= 4 is 11.7 Å². The van der Waals surface area contributed by atoms with Gasteiger partial charge in [0.15, 0.2) is 0 Å². The molecule has 2 rings (SSSR count). The monoisotopic (exact) mass is 248 g/mol. The lowest BCUT2D eigenvalue weighted by Crippen LogP contribution is -2.27. The molecule has 0 aliphatic heterocycles. The van der Waals surface area contributed by atoms with Gasteiger partial charge in [0.05, 0.1) is 6.20 Å². The van der Waals surface area contributed by atoms with Gasteiger partial charge in [0.2, 0.25) is 5.91 Å². The van der Waals surface area contributed by atoms with Crippen molar-refractivity contribution in [1.29, 1.82) is 0 Å². The largest absolute Gasteiger partial charge is 0.382 e. The zero-order valence-electron chi connectivity index (χ0n) is 10.4. The standard InChI is InChI=1S/C11H16N6O/c1-8-9(6-14-16(8)2)5-13-11(18)7-17-4-3-10(12)15-17/h3-4,6H,5,7H2,1-2H3,(H2,12,15)(H,13,18). The van der Waals surface area contributed by atoms with Crippen LogP contribution in [0.1, 0.15) is 11.3 Å². The van der Waals surface area contributed by atoms with Gasteiger partial charge in [0.1, 0.15) is 12.4 Å². The van der Waals surface area contributed by atoms with Crippen molar-refractivity contribution in [2.75, 3.05) is 5.73 Å². The molecule has 0 radical (unpaired) electrons. The summed E-state index contributed by atoms with van der Waals surface area (Å²) in [7, 11) is 1.87. The number of nitrogens with zero attached hydrogens (tertiary/aromatic N) is 4. The predicted molar refractivity (Wildman–Crippen MR) is 66.4 cm³/mol. The van der Waals surface area contributed by atoms with E-state index in [0.29, 0.717) is 12.4 Å². The number of nitrogen functional groups attached to an aromatic ring is 1. The Morgan fingerprint density at radius 1 is 1.56 bits per heavy atom. The number of nitrogens with two attached hydrogens (primary N) is 1. The molecule has 0 bridgehead atoms. The second-order valence-corrected chi connectivity index (χ2v) is 4.09. The van der Waals surface area contributed by atoms with Gasteiger partial charge in [-0.1, -0.05) is 0 Å². The highest BCUT2D eigenvalue weighted by molar-refractivity contribution is 5.75. The summed E-state index contributed by atoms with van der Waals surface area (Å²) >= 11 is 0. The van der Waals surface area contributed by atoms with Crippen LogP contribution in [0.3, 0.4) is 0 Å². The van der Waals surface area contributed by atoms with Crippen LogP contribution in [-0.2, 0) is 24.9 Å². The summed E-state index contributed by atoms with van der Waals surface area (Å²) in [4.78, 5) is 11.7. The topological polar surface area (TPSA) is 90.8 Å². The maximum absolute atomic E-state index is 11.7. The first kappa shape index (κ1) is 12.2. The van der Waals surface area contributed by atoms with E-state index in [1.54, 1.807) is 23.1 Å². The highest BCUT2D eigenvalue weighted by atomic mass is 16.2. The number of carbonyl (C=O) groups excluding carboxylic acids is 1. The van der Waals surface area contributed by atoms with Gasteiger partial charge in [0.25, 0.3) is 0 Å². The minimum Gasteiger partial charge on any atom is -0.382 e. The second-order valence-electron chi connectivity index (χ2n) is 4.09. The smallest absolute Gasteiger partial charge is 0.242 e. The van der Waals surface area contributed by atoms with Crippen molar-refractivity contribution in [3.8, 4) is 0 Å². The number of rotatable bonds is 4. The molecule has 0 unspecified atom stereocenters. The summed E-state index contributed by atoms with van der Waals surface area (Å²) in [5.41, 5.74) is 7.51. The molecule has 2 aromatic rings. The number of amides is 1. The van der Waals surface area contributed by atoms with Gasteiger partial charge in [-0.15, -0.1) is 0 Å². The SMILES string of the molecule is Cc1c(CNC(=O)Cn2ccc(N)n2)cnn1C. The lowest BCUT2D eigenvalue weighted by atomic mass is 10.2. The number of nitrogens with one attached hydrogen (secondary N) is 1. The van der Waals surface area contributed by atoms with Crippen molar-refractivity contribution in [1.82, 2.24) is 24.9 Å². The molecule has 0 fully saturated rings. The quantitative estimate of drug-likeness (QED) is 0.785. The summed E-state index contributed by atoms with van der Waals surface area (Å²) in [6.45, 7) is 2.59. The van der Waals surface area contributed by atoms with E-state index >= 15 is 0 Å². The molecule has 0 saturated carbocycles. The molecule has 7 nitrogen and oxygen atoms in total. The van der Waals surface area contributed by atoms with E-state index in [9.17, 15) is 4.79 Å². The van der Waals surface area contributed by atoms with E-state index in [-0.39, 0.29) is 12.5 Å². The van der Waals surface area contributed by atoms with Crippen molar-refractivity contribution in [3.63, 3.8) is 0 Å². The average Bonchev–Trinajstić information content (AvgIpc) is 2.86. The number of anilines is 1. The van der Waals surface area contributed by atoms with Crippen LogP contribution >= 0.6 is 0 Å². The third kappa shape index (κ3) is 2.68. The Bertz CT molecular complexity index is 556. The molecule has 7 heteroatoms. The van der Waals surface area contributed by atoms with Crippen molar-refractivity contribution in [2.24, 2.45) is 7.05 Å². The molecule has 18 heavy (non-hydrogen) atoms. The number of aromatic nitrogens is 4. The molecule has 0 atom stereocenters. The van der Waals surface area contributed by atoms with Crippen LogP contribution < -0.4 is 11.1 Å². The van der Waals surface area contributed by atoms with E-state index in [0.717, 1.165) is 11.3 Å². The Balaban J connectivity index is 1.87. The van der Waals surface area contributed by atoms with Gasteiger partial charge in [-0.05, 0) is 13.0 Å². The van der Waals surface area contributed by atoms with Gasteiger partial charge in [-0.2, -0.15) is 10.2 Å². The number of hydrogen-bond donors (Lipinski definition) is 2. The molecule has 0 aromatic carbocycles. The van der Waals surface area contributed by atoms with Crippen LogP contribution in [0.2, 0.25) is 0 Å². The molecule has 0 aliphatic rings. The van der Waals surface area contributed by atoms with Crippen molar-refractivity contribution in [3.05, 3.63) is 29.7 Å². The van der Waals surface area contributed by atoms with Gasteiger partial charge in [0, 0.05) is 31.0 Å². The highest BCUT2D eigenvalue weighted by Gasteiger charge is 2.07. The Morgan fingerprint density at radius 3 is 2.89 bits per heavy atom. The molecule has 2 aromatic heterocycles. The summed E-state index contributed by atoms with van der Waals surface area (Å²) in [5.74, 6) is 0.298. The van der Waals surface area contributed by atoms with Crippen molar-refractivity contribution < 1.29 is 4.79 Å². The molecule has 0 saturated heterocycles. The Hall–Kier alpha value is -2.31. The summed E-state index contributed by atoms with van der Waals surface area (Å²) in [6, 6.07) is 1.65. The van der Waals surface area contributed by atoms with E-state index in [2.05, 4.69) is 15.5 Å². The highest BCUT2D eigenvalue weighted by Crippen LogP contribution is 2.04. The van der Waals surface area contributed by atoms with Gasteiger partial charge >= 0.3 is 0 Å². The van der Waals surface area contributed by atoms with E-state index in [1.807, 2.05) is 14.0 Å². The first-order chi connectivity index (χ1) is 8.56. The van der Waals surface area contributed by atoms with Crippen LogP contribution in [-0.4, -0.2) is 25.5 Å². The van der Waals surface area contributed by atoms with Crippen LogP contribution in [0, 0.1) is 6.92 Å². The fourth-order valence-corrected chi connectivity index (χ4v) is 1.58. The zero-order valence-corrected chi connectivity index (χ0v) is 10.4. The molecule has 0 aliphatic carbocycles. The van der Waals surface area contributed by atoms with Gasteiger partial charge in [-0.25, -0.2) is 0 Å². The number of hydrogen-bond acceptors (Lipinski definition) is 4. The minimum atomic E-state index is -0.110. The number of aryl methyl sites for hydroxylation is 1. The molecule has 96 valence electrons. The lowest BCUT2D eigenvalue weighted by molar-refractivity contribution is -0.122. The van der Waals surface area contributed by atoms with Gasteiger partial charge < -0.3 is 11.1 Å². The van der Waals surface area contributed by atoms with Crippen LogP contribution in [0.5, 0.6) is 0 Å². The third-order valence-corrected chi connectivity index (χ3v) is 2.78. The van der Waals surface area contributed by atoms with Crippen LogP contribution in [0.4, 0.5) is 5.82 Å². The maximum atomic E-state index is 11.7. The molecule has 0 spiro atoms. The Labute approximate surface area is 105 Å². The summed E-state index contributed by atoms with van der Waals surface area (Å²) in [5, 5.41) is 10.9. The molecule has 1 amide bonds. The third-order valence-electron chi connectivity index (χ3n) is 2.78. The summed E-state index contributed by atoms with van der Waals surface area (Å²) in [6.07, 6.45) is 3.42. The van der Waals surface area contributed by atoms with Crippen LogP contribution in [0.25, 0.3) is 0 Å².